The summed E-state index contributed by atoms with van der Waals surface area (Å²) in [4.78, 5) is 37.9. The van der Waals surface area contributed by atoms with Crippen molar-refractivity contribution in [3.05, 3.63) is 28.2 Å². The van der Waals surface area contributed by atoms with Crippen molar-refractivity contribution < 1.29 is 27.5 Å². The normalized spacial score (nSPS) is 22.4. The van der Waals surface area contributed by atoms with Gasteiger partial charge in [-0.3, -0.25) is 25.2 Å². The van der Waals surface area contributed by atoms with Crippen LogP contribution >= 0.6 is 23.2 Å². The number of sulfone groups is 1. The predicted octanol–water partition coefficient (Wildman–Crippen LogP) is 1.34. The Morgan fingerprint density at radius 1 is 1.23 bits per heavy atom. The number of hydrogen-bond acceptors (Lipinski definition) is 6. The van der Waals surface area contributed by atoms with Crippen molar-refractivity contribution in [2.75, 3.05) is 24.7 Å². The first-order valence-corrected chi connectivity index (χ1v) is 12.4. The third-order valence-electron chi connectivity index (χ3n) is 5.20. The molecule has 2 unspecified atom stereocenters. The van der Waals surface area contributed by atoms with Crippen LogP contribution in [0.1, 0.15) is 25.7 Å². The molecule has 3 amide bonds. The molecule has 2 N–H and O–H groups in total. The van der Waals surface area contributed by atoms with E-state index >= 15 is 0 Å². The van der Waals surface area contributed by atoms with Crippen molar-refractivity contribution >= 4 is 50.8 Å². The summed E-state index contributed by atoms with van der Waals surface area (Å²) >= 11 is 11.8. The third kappa shape index (κ3) is 6.47. The van der Waals surface area contributed by atoms with E-state index in [9.17, 15) is 22.8 Å². The molecule has 0 aliphatic carbocycles. The van der Waals surface area contributed by atoms with Crippen LogP contribution in [0, 0.1) is 5.92 Å². The molecule has 31 heavy (non-hydrogen) atoms. The lowest BCUT2D eigenvalue weighted by Gasteiger charge is -2.22. The van der Waals surface area contributed by atoms with E-state index in [2.05, 4.69) is 10.9 Å². The summed E-state index contributed by atoms with van der Waals surface area (Å²) in [6.45, 7) is 0.398. The van der Waals surface area contributed by atoms with Crippen LogP contribution in [0.4, 0.5) is 0 Å². The Bertz CT molecular complexity index is 971. The van der Waals surface area contributed by atoms with Gasteiger partial charge in [0.15, 0.2) is 9.84 Å². The van der Waals surface area contributed by atoms with Crippen molar-refractivity contribution in [1.29, 1.82) is 0 Å². The lowest BCUT2D eigenvalue weighted by Crippen LogP contribution is -2.45. The largest absolute Gasteiger partial charge is 0.492 e. The molecular formula is C19H23Cl2N3O6S. The number of hydrazine groups is 1. The quantitative estimate of drug-likeness (QED) is 0.438. The van der Waals surface area contributed by atoms with Gasteiger partial charge in [0.05, 0.1) is 29.1 Å². The Hall–Kier alpha value is -2.04. The van der Waals surface area contributed by atoms with Crippen LogP contribution < -0.4 is 15.6 Å². The minimum atomic E-state index is -3.12. The Labute approximate surface area is 190 Å². The first kappa shape index (κ1) is 23.6. The van der Waals surface area contributed by atoms with Crippen LogP contribution in [-0.4, -0.2) is 61.7 Å². The first-order valence-electron chi connectivity index (χ1n) is 9.81. The fourth-order valence-corrected chi connectivity index (χ4v) is 5.78. The van der Waals surface area contributed by atoms with Crippen LogP contribution in [0.3, 0.4) is 0 Å². The van der Waals surface area contributed by atoms with Crippen molar-refractivity contribution in [3.63, 3.8) is 0 Å². The van der Waals surface area contributed by atoms with Crippen LogP contribution in [-0.2, 0) is 24.2 Å². The monoisotopic (exact) mass is 491 g/mol. The molecular weight excluding hydrogens is 469 g/mol. The number of nitrogens with one attached hydrogen (secondary N) is 2. The van der Waals surface area contributed by atoms with E-state index < -0.39 is 27.6 Å². The number of nitrogens with zero attached hydrogens (tertiary/aromatic N) is 1. The molecule has 2 aliphatic heterocycles. The summed E-state index contributed by atoms with van der Waals surface area (Å²) in [7, 11) is -3.12. The van der Waals surface area contributed by atoms with Gasteiger partial charge < -0.3 is 9.64 Å². The molecule has 12 heteroatoms. The molecule has 1 aromatic rings. The number of rotatable bonds is 7. The van der Waals surface area contributed by atoms with Gasteiger partial charge in [-0.25, -0.2) is 8.42 Å². The molecule has 2 heterocycles. The number of carbonyl (C=O) groups is 3. The highest BCUT2D eigenvalue weighted by Gasteiger charge is 2.41. The summed E-state index contributed by atoms with van der Waals surface area (Å²) in [5, 5.41) is 0.868. The number of carbonyl (C=O) groups excluding carboxylic acids is 3. The number of hydrogen-bond donors (Lipinski definition) is 2. The predicted molar refractivity (Wildman–Crippen MR) is 114 cm³/mol. The molecule has 2 saturated heterocycles. The van der Waals surface area contributed by atoms with Crippen LogP contribution in [0.15, 0.2) is 18.2 Å². The van der Waals surface area contributed by atoms with Gasteiger partial charge in [-0.2, -0.15) is 0 Å². The number of likely N-dealkylation sites (tertiary alicyclic amines) is 1. The molecule has 0 saturated carbocycles. The van der Waals surface area contributed by atoms with Crippen molar-refractivity contribution in [3.8, 4) is 5.75 Å². The molecule has 9 nitrogen and oxygen atoms in total. The highest BCUT2D eigenvalue weighted by atomic mass is 35.5. The van der Waals surface area contributed by atoms with E-state index in [1.165, 1.54) is 4.90 Å². The molecule has 3 rings (SSSR count). The third-order valence-corrected chi connectivity index (χ3v) is 7.48. The van der Waals surface area contributed by atoms with E-state index in [0.717, 1.165) is 0 Å². The van der Waals surface area contributed by atoms with Gasteiger partial charge in [0.2, 0.25) is 17.7 Å². The highest BCUT2D eigenvalue weighted by Crippen LogP contribution is 2.28. The van der Waals surface area contributed by atoms with Gasteiger partial charge in [0.1, 0.15) is 5.75 Å². The number of halogens is 2. The fourth-order valence-electron chi connectivity index (χ4n) is 3.58. The average Bonchev–Trinajstić information content (AvgIpc) is 3.26. The average molecular weight is 492 g/mol. The van der Waals surface area contributed by atoms with E-state index in [1.807, 2.05) is 0 Å². The Morgan fingerprint density at radius 3 is 2.68 bits per heavy atom. The summed E-state index contributed by atoms with van der Waals surface area (Å²) in [6.07, 6.45) is 0.893. The molecule has 2 aliphatic rings. The Balaban J connectivity index is 1.35. The van der Waals surface area contributed by atoms with Gasteiger partial charge in [-0.1, -0.05) is 23.2 Å². The van der Waals surface area contributed by atoms with Crippen molar-refractivity contribution in [1.82, 2.24) is 15.8 Å². The zero-order valence-corrected chi connectivity index (χ0v) is 18.9. The van der Waals surface area contributed by atoms with E-state index in [0.29, 0.717) is 28.6 Å². The SMILES string of the molecule is O=C(CCCOc1ccc(Cl)cc1Cl)NNC(=O)C1CC(=O)N(C2CCS(=O)(=O)C2)C1. The van der Waals surface area contributed by atoms with Gasteiger partial charge in [-0.15, -0.1) is 0 Å². The zero-order valence-electron chi connectivity index (χ0n) is 16.6. The minimum Gasteiger partial charge on any atom is -0.492 e. The second kappa shape index (κ2) is 10.1. The molecule has 0 aromatic heterocycles. The maximum atomic E-state index is 12.3. The number of benzene rings is 1. The maximum Gasteiger partial charge on any atom is 0.243 e. The Kier molecular flexibility index (Phi) is 7.66. The maximum absolute atomic E-state index is 12.3. The summed E-state index contributed by atoms with van der Waals surface area (Å²) < 4.78 is 28.8. The summed E-state index contributed by atoms with van der Waals surface area (Å²) in [5.74, 6) is -1.30. The Morgan fingerprint density at radius 2 is 2.00 bits per heavy atom. The van der Waals surface area contributed by atoms with Gasteiger partial charge in [0, 0.05) is 30.5 Å². The lowest BCUT2D eigenvalue weighted by molar-refractivity contribution is -0.131. The molecule has 1 aromatic carbocycles. The smallest absolute Gasteiger partial charge is 0.243 e. The van der Waals surface area contributed by atoms with E-state index in [1.54, 1.807) is 18.2 Å². The van der Waals surface area contributed by atoms with Gasteiger partial charge >= 0.3 is 0 Å². The van der Waals surface area contributed by atoms with Crippen LogP contribution in [0.25, 0.3) is 0 Å². The second-order valence-corrected chi connectivity index (χ2v) is 10.6. The highest BCUT2D eigenvalue weighted by molar-refractivity contribution is 7.91. The molecule has 170 valence electrons. The molecule has 2 atom stereocenters. The van der Waals surface area contributed by atoms with Crippen LogP contribution in [0.5, 0.6) is 5.75 Å². The first-order chi connectivity index (χ1) is 14.6. The van der Waals surface area contributed by atoms with Crippen molar-refractivity contribution in [2.24, 2.45) is 5.92 Å². The van der Waals surface area contributed by atoms with E-state index in [-0.39, 0.29) is 49.4 Å². The fraction of sp³-hybridized carbons (Fsp3) is 0.526. The lowest BCUT2D eigenvalue weighted by atomic mass is 10.1. The van der Waals surface area contributed by atoms with Crippen molar-refractivity contribution in [2.45, 2.75) is 31.7 Å². The molecule has 0 radical (unpaired) electrons. The number of amides is 3. The number of ether oxygens (including phenoxy) is 1. The zero-order chi connectivity index (χ0) is 22.6. The van der Waals surface area contributed by atoms with Crippen LogP contribution in [0.2, 0.25) is 10.0 Å². The summed E-state index contributed by atoms with van der Waals surface area (Å²) in [5.41, 5.74) is 4.66. The van der Waals surface area contributed by atoms with Gasteiger partial charge in [0.25, 0.3) is 0 Å². The topological polar surface area (TPSA) is 122 Å². The summed E-state index contributed by atoms with van der Waals surface area (Å²) in [6, 6.07) is 4.46. The molecule has 2 fully saturated rings. The standard InChI is InChI=1S/C19H23Cl2N3O6S/c20-13-3-4-16(15(21)9-13)30-6-1-2-17(25)22-23-19(27)12-8-18(26)24(10-12)14-5-7-31(28,29)11-14/h3-4,9,12,14H,1-2,5-8,10-11H2,(H,22,25)(H,23,27). The molecule has 0 bridgehead atoms. The van der Waals surface area contributed by atoms with E-state index in [4.69, 9.17) is 27.9 Å². The van der Waals surface area contributed by atoms with Gasteiger partial charge in [-0.05, 0) is 31.0 Å². The minimum absolute atomic E-state index is 0.00601. The second-order valence-electron chi connectivity index (χ2n) is 7.57. The molecule has 0 spiro atoms.